The van der Waals surface area contributed by atoms with E-state index >= 15 is 0 Å². The average Bonchev–Trinajstić information content (AvgIpc) is 2.72. The summed E-state index contributed by atoms with van der Waals surface area (Å²) in [7, 11) is 0. The number of carbonyl (C=O) groups excluding carboxylic acids is 2. The predicted molar refractivity (Wildman–Crippen MR) is 95.1 cm³/mol. The smallest absolute Gasteiger partial charge is 0.248 e. The van der Waals surface area contributed by atoms with Crippen LogP contribution in [0.4, 0.5) is 0 Å². The van der Waals surface area contributed by atoms with E-state index in [9.17, 15) is 30.0 Å². The Morgan fingerprint density at radius 1 is 1.17 bits per heavy atom. The molecular weight excluding hydrogens is 414 g/mol. The molecule has 1 aliphatic rings. The van der Waals surface area contributed by atoms with Crippen molar-refractivity contribution in [2.24, 2.45) is 0 Å². The molecule has 11 N–H and O–H groups in total. The van der Waals surface area contributed by atoms with Crippen LogP contribution in [0.2, 0.25) is 0 Å². The Labute approximate surface area is 170 Å². The van der Waals surface area contributed by atoms with Gasteiger partial charge in [0.15, 0.2) is 6.29 Å². The molecule has 5 unspecified atom stereocenters. The minimum atomic E-state index is -2.58. The lowest BCUT2D eigenvalue weighted by atomic mass is 9.93. The van der Waals surface area contributed by atoms with E-state index in [1.807, 2.05) is 5.32 Å². The first-order chi connectivity index (χ1) is 13.8. The van der Waals surface area contributed by atoms with Crippen molar-refractivity contribution in [1.82, 2.24) is 5.32 Å². The van der Waals surface area contributed by atoms with Crippen LogP contribution in [0.25, 0.3) is 0 Å². The Kier molecular flexibility index (Phi) is 11.7. The van der Waals surface area contributed by atoms with E-state index in [0.717, 1.165) is 0 Å². The molecule has 0 aromatic rings. The zero-order valence-electron chi connectivity index (χ0n) is 16.0. The number of aliphatic hydroxyl groups excluding tert-OH is 9. The van der Waals surface area contributed by atoms with Gasteiger partial charge < -0.3 is 65.9 Å². The number of ether oxygens (including phenoxy) is 1. The fourth-order valence-electron chi connectivity index (χ4n) is 2.15. The maximum Gasteiger partial charge on any atom is 0.248 e. The number of hydrogen-bond donors (Lipinski definition) is 11. The molecule has 176 valence electrons. The van der Waals surface area contributed by atoms with E-state index in [1.165, 1.54) is 6.92 Å². The molecule has 9 atom stereocenters. The minimum absolute atomic E-state index is 0.0258. The van der Waals surface area contributed by atoms with E-state index < -0.39 is 73.9 Å². The molecule has 0 radical (unpaired) electrons. The maximum atomic E-state index is 11.4. The first-order valence-corrected chi connectivity index (χ1v) is 8.57. The van der Waals surface area contributed by atoms with Gasteiger partial charge in [-0.1, -0.05) is 6.58 Å². The van der Waals surface area contributed by atoms with Crippen molar-refractivity contribution in [3.8, 4) is 0 Å². The van der Waals surface area contributed by atoms with E-state index in [4.69, 9.17) is 35.4 Å². The summed E-state index contributed by atoms with van der Waals surface area (Å²) in [6, 6.07) is 0. The van der Waals surface area contributed by atoms with Crippen molar-refractivity contribution in [3.05, 3.63) is 12.2 Å². The van der Waals surface area contributed by atoms with Crippen LogP contribution in [0.15, 0.2) is 12.2 Å². The number of aliphatic hydroxyl groups is 10. The molecule has 1 amide bonds. The van der Waals surface area contributed by atoms with Gasteiger partial charge in [0.1, 0.15) is 42.7 Å². The van der Waals surface area contributed by atoms with Crippen LogP contribution < -0.4 is 5.32 Å². The summed E-state index contributed by atoms with van der Waals surface area (Å²) < 4.78 is 4.72. The number of hydrogen-bond acceptors (Lipinski definition) is 13. The summed E-state index contributed by atoms with van der Waals surface area (Å²) in [6.45, 7) is 3.25. The number of aldehydes is 1. The Morgan fingerprint density at radius 2 is 1.70 bits per heavy atom. The second kappa shape index (κ2) is 12.3. The lowest BCUT2D eigenvalue weighted by Gasteiger charge is -2.45. The highest BCUT2D eigenvalue weighted by Gasteiger charge is 2.55. The van der Waals surface area contributed by atoms with E-state index in [1.54, 1.807) is 0 Å². The molecule has 1 fully saturated rings. The molecule has 0 spiro atoms. The van der Waals surface area contributed by atoms with E-state index in [2.05, 4.69) is 6.58 Å². The highest BCUT2D eigenvalue weighted by Crippen LogP contribution is 2.27. The van der Waals surface area contributed by atoms with Gasteiger partial charge >= 0.3 is 0 Å². The van der Waals surface area contributed by atoms with Crippen molar-refractivity contribution in [2.75, 3.05) is 13.2 Å². The predicted octanol–water partition coefficient (Wildman–Crippen LogP) is -6.58. The molecule has 1 aliphatic heterocycles. The van der Waals surface area contributed by atoms with Gasteiger partial charge in [0, 0.05) is 5.57 Å². The Bertz CT molecular complexity index is 575. The Hall–Kier alpha value is -1.56. The van der Waals surface area contributed by atoms with Gasteiger partial charge in [-0.25, -0.2) is 0 Å². The van der Waals surface area contributed by atoms with Gasteiger partial charge in [-0.3, -0.25) is 4.79 Å². The van der Waals surface area contributed by atoms with Gasteiger partial charge in [-0.2, -0.15) is 0 Å². The van der Waals surface area contributed by atoms with Crippen molar-refractivity contribution in [3.63, 3.8) is 0 Å². The van der Waals surface area contributed by atoms with E-state index in [0.29, 0.717) is 0 Å². The summed E-state index contributed by atoms with van der Waals surface area (Å²) in [5.41, 5.74) is -2.55. The maximum absolute atomic E-state index is 11.4. The van der Waals surface area contributed by atoms with Crippen LogP contribution in [-0.2, 0) is 14.3 Å². The SMILES string of the molecule is C=C(C)C(=O)N[C@]1(O)C(O)O[C@H](CO)[C@@H](O)[C@@H]1O.O=CC(O)C(O)C(O)C(O)CO. The van der Waals surface area contributed by atoms with Gasteiger partial charge in [0.2, 0.25) is 17.9 Å². The molecule has 0 aromatic heterocycles. The van der Waals surface area contributed by atoms with Gasteiger partial charge in [0.25, 0.3) is 0 Å². The van der Waals surface area contributed by atoms with Gasteiger partial charge in [0.05, 0.1) is 13.2 Å². The fraction of sp³-hybridized carbons (Fsp3) is 0.750. The van der Waals surface area contributed by atoms with Crippen molar-refractivity contribution in [2.45, 2.75) is 61.7 Å². The quantitative estimate of drug-likeness (QED) is 0.0948. The normalized spacial score (nSPS) is 32.6. The number of nitrogens with one attached hydrogen (secondary N) is 1. The Morgan fingerprint density at radius 3 is 2.10 bits per heavy atom. The third-order valence-electron chi connectivity index (χ3n) is 4.14. The summed E-state index contributed by atoms with van der Waals surface area (Å²) in [6.07, 6.45) is -13.7. The topological polar surface area (TPSA) is 258 Å². The van der Waals surface area contributed by atoms with Crippen molar-refractivity contribution in [1.29, 1.82) is 0 Å². The number of amides is 1. The second-order valence-corrected chi connectivity index (χ2v) is 6.56. The van der Waals surface area contributed by atoms with Crippen LogP contribution in [0.3, 0.4) is 0 Å². The lowest BCUT2D eigenvalue weighted by molar-refractivity contribution is -0.335. The zero-order chi connectivity index (χ0) is 23.8. The van der Waals surface area contributed by atoms with Crippen LogP contribution in [0, 0.1) is 0 Å². The highest BCUT2D eigenvalue weighted by atomic mass is 16.6. The molecular formula is C16H29NO13. The molecule has 30 heavy (non-hydrogen) atoms. The van der Waals surface area contributed by atoms with Crippen LogP contribution in [0.5, 0.6) is 0 Å². The number of carbonyl (C=O) groups is 2. The molecule has 0 aliphatic carbocycles. The van der Waals surface area contributed by atoms with Gasteiger partial charge in [-0.15, -0.1) is 0 Å². The average molecular weight is 443 g/mol. The van der Waals surface area contributed by atoms with Crippen LogP contribution >= 0.6 is 0 Å². The molecule has 0 saturated carbocycles. The first-order valence-electron chi connectivity index (χ1n) is 8.57. The minimum Gasteiger partial charge on any atom is -0.394 e. The zero-order valence-corrected chi connectivity index (χ0v) is 16.0. The Balaban J connectivity index is 0.000000612. The van der Waals surface area contributed by atoms with E-state index in [-0.39, 0.29) is 11.9 Å². The third-order valence-corrected chi connectivity index (χ3v) is 4.14. The van der Waals surface area contributed by atoms with Crippen LogP contribution in [-0.4, -0.2) is 131 Å². The largest absolute Gasteiger partial charge is 0.394 e. The second-order valence-electron chi connectivity index (χ2n) is 6.56. The summed E-state index contributed by atoms with van der Waals surface area (Å²) in [5, 5.41) is 93.1. The molecule has 14 nitrogen and oxygen atoms in total. The molecule has 1 heterocycles. The van der Waals surface area contributed by atoms with Crippen molar-refractivity contribution >= 4 is 12.2 Å². The standard InChI is InChI=1S/C10H17NO7.C6H12O6/c1-4(2)8(15)11-10(17)7(14)6(13)5(3-12)18-9(10)16;7-1-3(9)5(11)6(12)4(10)2-8/h5-7,9,12-14,16-17H,1,3H2,2H3,(H,11,15);1,3-6,8-12H,2H2/t5-,6-,7+,9?,10-;/m1./s1. The fourth-order valence-corrected chi connectivity index (χ4v) is 2.15. The lowest BCUT2D eigenvalue weighted by Crippen LogP contribution is -2.73. The molecule has 0 bridgehead atoms. The van der Waals surface area contributed by atoms with Gasteiger partial charge in [-0.05, 0) is 6.92 Å². The molecule has 1 rings (SSSR count). The molecule has 0 aromatic carbocycles. The first kappa shape index (κ1) is 28.4. The summed E-state index contributed by atoms with van der Waals surface area (Å²) in [5.74, 6) is -0.825. The summed E-state index contributed by atoms with van der Waals surface area (Å²) >= 11 is 0. The summed E-state index contributed by atoms with van der Waals surface area (Å²) in [4.78, 5) is 21.3. The molecule has 1 saturated heterocycles. The molecule has 14 heteroatoms. The highest BCUT2D eigenvalue weighted by molar-refractivity contribution is 5.92. The number of rotatable bonds is 8. The monoisotopic (exact) mass is 443 g/mol. The third kappa shape index (κ3) is 7.00. The van der Waals surface area contributed by atoms with Crippen molar-refractivity contribution < 1.29 is 65.4 Å². The van der Waals surface area contributed by atoms with Crippen LogP contribution in [0.1, 0.15) is 6.92 Å².